The van der Waals surface area contributed by atoms with Crippen molar-refractivity contribution >= 4 is 28.3 Å². The number of amides is 1. The Kier molecular flexibility index (Phi) is 4.45. The highest BCUT2D eigenvalue weighted by atomic mass is 32.1. The van der Waals surface area contributed by atoms with Gasteiger partial charge in [-0.05, 0) is 13.8 Å². The van der Waals surface area contributed by atoms with Gasteiger partial charge in [0.25, 0.3) is 0 Å². The van der Waals surface area contributed by atoms with Crippen molar-refractivity contribution in [2.24, 2.45) is 0 Å². The number of thiazole rings is 1. The van der Waals surface area contributed by atoms with Gasteiger partial charge >= 0.3 is 5.97 Å². The summed E-state index contributed by atoms with van der Waals surface area (Å²) in [5.74, 6) is -1.05. The molecule has 1 aromatic heterocycles. The average Bonchev–Trinajstić information content (AvgIpc) is 2.66. The van der Waals surface area contributed by atoms with Crippen molar-refractivity contribution in [3.8, 4) is 0 Å². The van der Waals surface area contributed by atoms with Crippen LogP contribution in [0.5, 0.6) is 0 Å². The lowest BCUT2D eigenvalue weighted by molar-refractivity contribution is -0.127. The van der Waals surface area contributed by atoms with Crippen molar-refractivity contribution in [1.29, 1.82) is 0 Å². The number of aromatic nitrogens is 1. The summed E-state index contributed by atoms with van der Waals surface area (Å²) in [7, 11) is 1.71. The van der Waals surface area contributed by atoms with Crippen LogP contribution in [0, 0.1) is 6.92 Å². The van der Waals surface area contributed by atoms with E-state index in [-0.39, 0.29) is 17.3 Å². The van der Waals surface area contributed by atoms with Crippen molar-refractivity contribution in [3.05, 3.63) is 10.6 Å². The van der Waals surface area contributed by atoms with Crippen molar-refractivity contribution in [2.45, 2.75) is 13.8 Å². The number of carbonyl (C=O) groups is 2. The zero-order valence-corrected chi connectivity index (χ0v) is 10.8. The molecule has 0 aliphatic carbocycles. The number of carboxylic acids is 1. The highest BCUT2D eigenvalue weighted by Crippen LogP contribution is 2.22. The van der Waals surface area contributed by atoms with Gasteiger partial charge in [0.05, 0.1) is 12.2 Å². The normalized spacial score (nSPS) is 10.1. The van der Waals surface area contributed by atoms with E-state index in [1.54, 1.807) is 18.9 Å². The van der Waals surface area contributed by atoms with Crippen molar-refractivity contribution < 1.29 is 14.7 Å². The van der Waals surface area contributed by atoms with Crippen LogP contribution in [-0.4, -0.2) is 47.0 Å². The molecule has 0 aliphatic heterocycles. The van der Waals surface area contributed by atoms with E-state index in [4.69, 9.17) is 5.11 Å². The van der Waals surface area contributed by atoms with Gasteiger partial charge in [-0.2, -0.15) is 0 Å². The molecule has 0 aromatic carbocycles. The Morgan fingerprint density at radius 1 is 1.53 bits per heavy atom. The van der Waals surface area contributed by atoms with Gasteiger partial charge in [0.1, 0.15) is 4.88 Å². The van der Waals surface area contributed by atoms with Crippen molar-refractivity contribution in [3.63, 3.8) is 0 Å². The predicted molar refractivity (Wildman–Crippen MR) is 65.6 cm³/mol. The zero-order chi connectivity index (χ0) is 13.0. The van der Waals surface area contributed by atoms with E-state index in [1.807, 2.05) is 6.92 Å². The SMILES string of the molecule is CCN(C)C(=O)CNc1nc(C)c(C(=O)O)s1. The maximum atomic E-state index is 11.5. The van der Waals surface area contributed by atoms with Gasteiger partial charge < -0.3 is 15.3 Å². The summed E-state index contributed by atoms with van der Waals surface area (Å²) in [6.07, 6.45) is 0. The van der Waals surface area contributed by atoms with E-state index >= 15 is 0 Å². The predicted octanol–water partition coefficient (Wildman–Crippen LogP) is 1.04. The van der Waals surface area contributed by atoms with Crippen LogP contribution < -0.4 is 5.32 Å². The number of aryl methyl sites for hydroxylation is 1. The molecule has 0 aliphatic rings. The van der Waals surface area contributed by atoms with Crippen LogP contribution in [0.2, 0.25) is 0 Å². The van der Waals surface area contributed by atoms with Gasteiger partial charge in [-0.25, -0.2) is 9.78 Å². The number of aromatic carboxylic acids is 1. The van der Waals surface area contributed by atoms with Crippen LogP contribution in [0.4, 0.5) is 5.13 Å². The molecule has 0 spiro atoms. The largest absolute Gasteiger partial charge is 0.477 e. The minimum Gasteiger partial charge on any atom is -0.477 e. The molecule has 1 heterocycles. The van der Waals surface area contributed by atoms with Gasteiger partial charge in [0.15, 0.2) is 5.13 Å². The number of nitrogens with zero attached hydrogens (tertiary/aromatic N) is 2. The minimum atomic E-state index is -0.995. The highest BCUT2D eigenvalue weighted by Gasteiger charge is 2.14. The van der Waals surface area contributed by atoms with Crippen LogP contribution in [-0.2, 0) is 4.79 Å². The van der Waals surface area contributed by atoms with E-state index in [1.165, 1.54) is 0 Å². The van der Waals surface area contributed by atoms with Crippen molar-refractivity contribution in [2.75, 3.05) is 25.5 Å². The Labute approximate surface area is 103 Å². The van der Waals surface area contributed by atoms with E-state index in [0.29, 0.717) is 17.4 Å². The summed E-state index contributed by atoms with van der Waals surface area (Å²) >= 11 is 1.04. The van der Waals surface area contributed by atoms with Crippen LogP contribution in [0.1, 0.15) is 22.3 Å². The molecule has 0 atom stereocenters. The molecule has 0 saturated carbocycles. The quantitative estimate of drug-likeness (QED) is 0.823. The molecule has 1 aromatic rings. The minimum absolute atomic E-state index is 0.0581. The molecule has 0 unspecified atom stereocenters. The molecule has 6 nitrogen and oxygen atoms in total. The van der Waals surface area contributed by atoms with E-state index in [9.17, 15) is 9.59 Å². The summed E-state index contributed by atoms with van der Waals surface area (Å²) in [6, 6.07) is 0. The van der Waals surface area contributed by atoms with Crippen LogP contribution >= 0.6 is 11.3 Å². The maximum absolute atomic E-state index is 11.5. The first-order chi connectivity index (χ1) is 7.95. The lowest BCUT2D eigenvalue weighted by Crippen LogP contribution is -2.31. The summed E-state index contributed by atoms with van der Waals surface area (Å²) < 4.78 is 0. The molecular weight excluding hydrogens is 242 g/mol. The molecule has 0 bridgehead atoms. The summed E-state index contributed by atoms with van der Waals surface area (Å²) in [5.41, 5.74) is 0.460. The Morgan fingerprint density at radius 3 is 2.65 bits per heavy atom. The second kappa shape index (κ2) is 5.62. The van der Waals surface area contributed by atoms with E-state index < -0.39 is 5.97 Å². The number of anilines is 1. The fourth-order valence-corrected chi connectivity index (χ4v) is 1.93. The van der Waals surface area contributed by atoms with Gasteiger partial charge in [0.2, 0.25) is 5.91 Å². The van der Waals surface area contributed by atoms with E-state index in [2.05, 4.69) is 10.3 Å². The molecule has 0 radical (unpaired) electrons. The van der Waals surface area contributed by atoms with Crippen LogP contribution in [0.3, 0.4) is 0 Å². The molecule has 17 heavy (non-hydrogen) atoms. The van der Waals surface area contributed by atoms with Crippen molar-refractivity contribution in [1.82, 2.24) is 9.88 Å². The molecular formula is C10H15N3O3S. The maximum Gasteiger partial charge on any atom is 0.347 e. The van der Waals surface area contributed by atoms with Crippen LogP contribution in [0.15, 0.2) is 0 Å². The third kappa shape index (κ3) is 3.42. The Balaban J connectivity index is 2.61. The lowest BCUT2D eigenvalue weighted by Gasteiger charge is -2.14. The summed E-state index contributed by atoms with van der Waals surface area (Å²) in [6.45, 7) is 4.27. The first kappa shape index (κ1) is 13.4. The fourth-order valence-electron chi connectivity index (χ4n) is 1.13. The van der Waals surface area contributed by atoms with Gasteiger partial charge in [0, 0.05) is 13.6 Å². The highest BCUT2D eigenvalue weighted by molar-refractivity contribution is 7.17. The van der Waals surface area contributed by atoms with E-state index in [0.717, 1.165) is 11.3 Å². The third-order valence-electron chi connectivity index (χ3n) is 2.28. The molecule has 1 rings (SSSR count). The van der Waals surface area contributed by atoms with Gasteiger partial charge in [-0.15, -0.1) is 0 Å². The number of likely N-dealkylation sites (N-methyl/N-ethyl adjacent to an activating group) is 1. The summed E-state index contributed by atoms with van der Waals surface area (Å²) in [4.78, 5) is 28.1. The first-order valence-corrected chi connectivity index (χ1v) is 5.96. The average molecular weight is 257 g/mol. The topological polar surface area (TPSA) is 82.5 Å². The smallest absolute Gasteiger partial charge is 0.347 e. The molecule has 1 amide bonds. The fraction of sp³-hybridized carbons (Fsp3) is 0.500. The number of hydrogen-bond donors (Lipinski definition) is 2. The molecule has 0 saturated heterocycles. The number of rotatable bonds is 5. The number of carbonyl (C=O) groups excluding carboxylic acids is 1. The third-order valence-corrected chi connectivity index (χ3v) is 3.38. The first-order valence-electron chi connectivity index (χ1n) is 5.14. The monoisotopic (exact) mass is 257 g/mol. The second-order valence-electron chi connectivity index (χ2n) is 3.50. The Bertz CT molecular complexity index is 430. The molecule has 0 fully saturated rings. The standard InChI is InChI=1S/C10H15N3O3S/c1-4-13(3)7(14)5-11-10-12-6(2)8(17-10)9(15)16/h4-5H2,1-3H3,(H,11,12)(H,15,16). The lowest BCUT2D eigenvalue weighted by atomic mass is 10.4. The molecule has 7 heteroatoms. The van der Waals surface area contributed by atoms with Gasteiger partial charge in [-0.1, -0.05) is 11.3 Å². The zero-order valence-electron chi connectivity index (χ0n) is 9.98. The number of carboxylic acid groups (broad SMARTS) is 1. The molecule has 2 N–H and O–H groups in total. The Hall–Kier alpha value is -1.63. The van der Waals surface area contributed by atoms with Gasteiger partial charge in [-0.3, -0.25) is 4.79 Å². The number of hydrogen-bond acceptors (Lipinski definition) is 5. The second-order valence-corrected chi connectivity index (χ2v) is 4.50. The number of nitrogens with one attached hydrogen (secondary N) is 1. The molecule has 94 valence electrons. The summed E-state index contributed by atoms with van der Waals surface area (Å²) in [5, 5.41) is 12.1. The Morgan fingerprint density at radius 2 is 2.18 bits per heavy atom. The van der Waals surface area contributed by atoms with Crippen LogP contribution in [0.25, 0.3) is 0 Å².